The van der Waals surface area contributed by atoms with Crippen LogP contribution in [0.4, 0.5) is 0 Å². The summed E-state index contributed by atoms with van der Waals surface area (Å²) in [5.41, 5.74) is 6.85. The summed E-state index contributed by atoms with van der Waals surface area (Å²) in [4.78, 5) is 4.38. The van der Waals surface area contributed by atoms with Crippen LogP contribution in [0.25, 0.3) is 0 Å². The standard InChI is InChI=1S/C15H22N2O/c1-9-8-17-14(18-9)13(16)15-5-10-2-11(6-15)4-12(3-10)7-15/h8,10-13H,2-7,16H2,1H3. The van der Waals surface area contributed by atoms with E-state index in [9.17, 15) is 0 Å². The molecule has 1 atom stereocenters. The molecular weight excluding hydrogens is 224 g/mol. The molecule has 4 bridgehead atoms. The van der Waals surface area contributed by atoms with Crippen LogP contribution in [0, 0.1) is 30.1 Å². The van der Waals surface area contributed by atoms with Crippen LogP contribution in [-0.4, -0.2) is 4.98 Å². The molecule has 4 aliphatic carbocycles. The molecule has 5 rings (SSSR count). The Kier molecular flexibility index (Phi) is 2.20. The molecule has 0 saturated heterocycles. The molecule has 2 N–H and O–H groups in total. The van der Waals surface area contributed by atoms with Gasteiger partial charge in [0.05, 0.1) is 12.2 Å². The topological polar surface area (TPSA) is 52.0 Å². The van der Waals surface area contributed by atoms with Crippen LogP contribution in [0.2, 0.25) is 0 Å². The van der Waals surface area contributed by atoms with Crippen molar-refractivity contribution in [2.75, 3.05) is 0 Å². The average molecular weight is 246 g/mol. The van der Waals surface area contributed by atoms with Crippen LogP contribution >= 0.6 is 0 Å². The molecule has 18 heavy (non-hydrogen) atoms. The van der Waals surface area contributed by atoms with Crippen LogP contribution in [0.1, 0.15) is 56.2 Å². The molecule has 3 heteroatoms. The van der Waals surface area contributed by atoms with Gasteiger partial charge in [0.1, 0.15) is 5.76 Å². The molecule has 0 aliphatic heterocycles. The number of aryl methyl sites for hydroxylation is 1. The number of aromatic nitrogens is 1. The first-order valence-electron chi connectivity index (χ1n) is 7.32. The van der Waals surface area contributed by atoms with Crippen LogP contribution in [0.15, 0.2) is 10.6 Å². The van der Waals surface area contributed by atoms with E-state index < -0.39 is 0 Å². The molecule has 1 aromatic heterocycles. The van der Waals surface area contributed by atoms with E-state index in [-0.39, 0.29) is 6.04 Å². The minimum absolute atomic E-state index is 0.0135. The van der Waals surface area contributed by atoms with Crippen molar-refractivity contribution in [2.24, 2.45) is 28.9 Å². The van der Waals surface area contributed by atoms with Gasteiger partial charge in [0, 0.05) is 0 Å². The van der Waals surface area contributed by atoms with Crippen LogP contribution in [-0.2, 0) is 0 Å². The Morgan fingerprint density at radius 1 is 1.22 bits per heavy atom. The lowest BCUT2D eigenvalue weighted by molar-refractivity contribution is -0.0718. The quantitative estimate of drug-likeness (QED) is 0.871. The molecule has 1 unspecified atom stereocenters. The highest BCUT2D eigenvalue weighted by molar-refractivity contribution is 5.10. The highest BCUT2D eigenvalue weighted by atomic mass is 16.4. The number of rotatable bonds is 2. The Morgan fingerprint density at radius 3 is 2.22 bits per heavy atom. The van der Waals surface area contributed by atoms with E-state index >= 15 is 0 Å². The fraction of sp³-hybridized carbons (Fsp3) is 0.800. The lowest BCUT2D eigenvalue weighted by Gasteiger charge is -2.58. The summed E-state index contributed by atoms with van der Waals surface area (Å²) in [5, 5.41) is 0. The molecule has 98 valence electrons. The third kappa shape index (κ3) is 1.49. The van der Waals surface area contributed by atoms with Gasteiger partial charge < -0.3 is 10.2 Å². The van der Waals surface area contributed by atoms with Gasteiger partial charge in [-0.2, -0.15) is 0 Å². The van der Waals surface area contributed by atoms with E-state index in [1.54, 1.807) is 6.20 Å². The smallest absolute Gasteiger partial charge is 0.211 e. The van der Waals surface area contributed by atoms with Gasteiger partial charge in [-0.1, -0.05) is 0 Å². The number of nitrogens with two attached hydrogens (primary N) is 1. The van der Waals surface area contributed by atoms with E-state index in [2.05, 4.69) is 4.98 Å². The van der Waals surface area contributed by atoms with Crippen LogP contribution < -0.4 is 5.73 Å². The maximum atomic E-state index is 6.55. The van der Waals surface area contributed by atoms with Crippen molar-refractivity contribution in [1.29, 1.82) is 0 Å². The van der Waals surface area contributed by atoms with Gasteiger partial charge in [0.15, 0.2) is 0 Å². The number of nitrogens with zero attached hydrogens (tertiary/aromatic N) is 1. The van der Waals surface area contributed by atoms with Gasteiger partial charge in [-0.25, -0.2) is 4.98 Å². The molecule has 4 saturated carbocycles. The van der Waals surface area contributed by atoms with Crippen molar-refractivity contribution < 1.29 is 4.42 Å². The molecule has 1 aromatic rings. The summed E-state index contributed by atoms with van der Waals surface area (Å²) in [5.74, 6) is 4.44. The van der Waals surface area contributed by atoms with Gasteiger partial charge in [-0.05, 0) is 68.6 Å². The Hall–Kier alpha value is -0.830. The third-order valence-electron chi connectivity index (χ3n) is 5.65. The van der Waals surface area contributed by atoms with E-state index in [0.29, 0.717) is 5.41 Å². The van der Waals surface area contributed by atoms with Crippen molar-refractivity contribution in [3.8, 4) is 0 Å². The zero-order chi connectivity index (χ0) is 12.3. The monoisotopic (exact) mass is 246 g/mol. The Bertz CT molecular complexity index is 430. The molecule has 0 aromatic carbocycles. The second kappa shape index (κ2) is 3.60. The summed E-state index contributed by atoms with van der Waals surface area (Å²) >= 11 is 0. The highest BCUT2D eigenvalue weighted by Gasteiger charge is 2.54. The second-order valence-electron chi connectivity index (χ2n) is 7.07. The van der Waals surface area contributed by atoms with E-state index in [1.807, 2.05) is 6.92 Å². The van der Waals surface area contributed by atoms with Crippen molar-refractivity contribution in [1.82, 2.24) is 4.98 Å². The van der Waals surface area contributed by atoms with Crippen LogP contribution in [0.5, 0.6) is 0 Å². The van der Waals surface area contributed by atoms with Crippen LogP contribution in [0.3, 0.4) is 0 Å². The van der Waals surface area contributed by atoms with Gasteiger partial charge >= 0.3 is 0 Å². The van der Waals surface area contributed by atoms with Gasteiger partial charge in [0.2, 0.25) is 5.89 Å². The summed E-state index contributed by atoms with van der Waals surface area (Å²) in [6.07, 6.45) is 10.1. The third-order valence-corrected chi connectivity index (χ3v) is 5.65. The van der Waals surface area contributed by atoms with E-state index in [4.69, 9.17) is 10.2 Å². The normalized spacial score (nSPS) is 43.3. The molecule has 0 spiro atoms. The Labute approximate surface area is 108 Å². The summed E-state index contributed by atoms with van der Waals surface area (Å²) < 4.78 is 5.70. The maximum absolute atomic E-state index is 6.55. The van der Waals surface area contributed by atoms with Crippen molar-refractivity contribution in [2.45, 2.75) is 51.5 Å². The molecule has 4 fully saturated rings. The number of hydrogen-bond donors (Lipinski definition) is 1. The molecule has 3 nitrogen and oxygen atoms in total. The summed E-state index contributed by atoms with van der Waals surface area (Å²) in [6, 6.07) is 0.0135. The van der Waals surface area contributed by atoms with Gasteiger partial charge in [-0.15, -0.1) is 0 Å². The first kappa shape index (κ1) is 11.0. The second-order valence-corrected chi connectivity index (χ2v) is 7.07. The molecule has 1 heterocycles. The van der Waals surface area contributed by atoms with Gasteiger partial charge in [-0.3, -0.25) is 0 Å². The predicted molar refractivity (Wildman–Crippen MR) is 68.8 cm³/mol. The number of oxazole rings is 1. The fourth-order valence-corrected chi connectivity index (χ4v) is 5.34. The van der Waals surface area contributed by atoms with Crippen molar-refractivity contribution in [3.05, 3.63) is 17.8 Å². The lowest BCUT2D eigenvalue weighted by atomic mass is 9.48. The first-order valence-corrected chi connectivity index (χ1v) is 7.32. The number of hydrogen-bond acceptors (Lipinski definition) is 3. The lowest BCUT2D eigenvalue weighted by Crippen LogP contribution is -2.50. The largest absolute Gasteiger partial charge is 0.444 e. The van der Waals surface area contributed by atoms with Gasteiger partial charge in [0.25, 0.3) is 0 Å². The molecule has 4 aliphatic rings. The minimum Gasteiger partial charge on any atom is -0.444 e. The predicted octanol–water partition coefficient (Wildman–Crippen LogP) is 3.20. The maximum Gasteiger partial charge on any atom is 0.211 e. The Morgan fingerprint density at radius 2 is 1.78 bits per heavy atom. The highest BCUT2D eigenvalue weighted by Crippen LogP contribution is 2.63. The minimum atomic E-state index is 0.0135. The molecule has 0 amide bonds. The summed E-state index contributed by atoms with van der Waals surface area (Å²) in [7, 11) is 0. The molecular formula is C15H22N2O. The fourth-order valence-electron chi connectivity index (χ4n) is 5.34. The van der Waals surface area contributed by atoms with Crippen molar-refractivity contribution in [3.63, 3.8) is 0 Å². The average Bonchev–Trinajstić information content (AvgIpc) is 2.73. The van der Waals surface area contributed by atoms with E-state index in [0.717, 1.165) is 29.4 Å². The zero-order valence-electron chi connectivity index (χ0n) is 11.1. The first-order chi connectivity index (χ1) is 8.64. The van der Waals surface area contributed by atoms with Crippen molar-refractivity contribution >= 4 is 0 Å². The van der Waals surface area contributed by atoms with E-state index in [1.165, 1.54) is 38.5 Å². The molecule has 0 radical (unpaired) electrons. The Balaban J connectivity index is 1.67. The zero-order valence-corrected chi connectivity index (χ0v) is 11.1. The SMILES string of the molecule is Cc1cnc(C(N)C23CC4CC(CC(C4)C2)C3)o1. The summed E-state index contributed by atoms with van der Waals surface area (Å²) in [6.45, 7) is 1.95.